The second kappa shape index (κ2) is 11.7. The fourth-order valence-corrected chi connectivity index (χ4v) is 5.76. The van der Waals surface area contributed by atoms with E-state index in [0.717, 1.165) is 49.4 Å². The molecule has 0 aliphatic carbocycles. The molecule has 6 rings (SSSR count). The van der Waals surface area contributed by atoms with Crippen LogP contribution < -0.4 is 14.5 Å². The van der Waals surface area contributed by atoms with Gasteiger partial charge < -0.3 is 19.3 Å². The summed E-state index contributed by atoms with van der Waals surface area (Å²) in [7, 11) is 0. The van der Waals surface area contributed by atoms with Crippen molar-refractivity contribution in [3.63, 3.8) is 0 Å². The fraction of sp³-hybridized carbons (Fsp3) is 0.333. The van der Waals surface area contributed by atoms with Crippen LogP contribution in [-0.4, -0.2) is 59.1 Å². The van der Waals surface area contributed by atoms with Gasteiger partial charge in [0.1, 0.15) is 35.6 Å². The molecular weight excluding hydrogens is 546 g/mol. The monoisotopic (exact) mass is 576 g/mol. The Morgan fingerprint density at radius 2 is 1.64 bits per heavy atom. The Bertz CT molecular complexity index is 1510. The number of halogens is 2. The maximum Gasteiger partial charge on any atom is 0.269 e. The van der Waals surface area contributed by atoms with Crippen molar-refractivity contribution >= 4 is 17.1 Å². The Morgan fingerprint density at radius 1 is 0.976 bits per heavy atom. The molecule has 2 atom stereocenters. The van der Waals surface area contributed by atoms with Crippen LogP contribution in [0.3, 0.4) is 0 Å². The molecule has 3 aromatic carbocycles. The van der Waals surface area contributed by atoms with Crippen molar-refractivity contribution in [2.24, 2.45) is 5.92 Å². The van der Waals surface area contributed by atoms with Gasteiger partial charge in [-0.15, -0.1) is 0 Å². The van der Waals surface area contributed by atoms with Gasteiger partial charge in [0.05, 0.1) is 24.7 Å². The average Bonchev–Trinajstić information content (AvgIpc) is 3.67. The number of hydrogen-bond donors (Lipinski definition) is 0. The summed E-state index contributed by atoms with van der Waals surface area (Å²) < 4.78 is 42.4. The van der Waals surface area contributed by atoms with Crippen molar-refractivity contribution in [3.05, 3.63) is 107 Å². The van der Waals surface area contributed by atoms with Crippen LogP contribution in [0, 0.1) is 27.7 Å². The molecule has 0 bridgehead atoms. The zero-order valence-corrected chi connectivity index (χ0v) is 22.8. The minimum Gasteiger partial charge on any atom is -0.493 e. The van der Waals surface area contributed by atoms with E-state index in [1.54, 1.807) is 23.1 Å². The number of piperazine rings is 1. The molecule has 10 nitrogen and oxygen atoms in total. The predicted octanol–water partition coefficient (Wildman–Crippen LogP) is 4.80. The molecule has 0 N–H and O–H groups in total. The maximum atomic E-state index is 14.9. The summed E-state index contributed by atoms with van der Waals surface area (Å²) in [6, 6.07) is 18.2. The lowest BCUT2D eigenvalue weighted by atomic mass is 9.87. The van der Waals surface area contributed by atoms with Gasteiger partial charge in [-0.2, -0.15) is 5.10 Å². The number of ether oxygens (including phenoxy) is 2. The number of anilines is 2. The molecule has 0 unspecified atom stereocenters. The molecule has 12 heteroatoms. The largest absolute Gasteiger partial charge is 0.493 e. The van der Waals surface area contributed by atoms with E-state index in [0.29, 0.717) is 25.2 Å². The first-order valence-corrected chi connectivity index (χ1v) is 13.8. The fourth-order valence-electron chi connectivity index (χ4n) is 5.76. The van der Waals surface area contributed by atoms with Crippen LogP contribution in [0.1, 0.15) is 12.0 Å². The zero-order chi connectivity index (χ0) is 29.1. The lowest BCUT2D eigenvalue weighted by Gasteiger charge is -2.37. The normalized spacial score (nSPS) is 20.6. The van der Waals surface area contributed by atoms with Crippen molar-refractivity contribution < 1.29 is 23.2 Å². The van der Waals surface area contributed by atoms with Crippen LogP contribution in [0.25, 0.3) is 0 Å². The second-order valence-corrected chi connectivity index (χ2v) is 10.6. The standard InChI is InChI=1S/C30H30F2N6O4/c31-23-1-10-28(29(32)15-23)30(19-37-21-33-20-34-37)16-22(18-42-30)17-41-27-8-6-25(7-9-27)36-13-11-35(12-14-36)24-2-4-26(5-3-24)38(39)40/h1-10,15,20-22H,11-14,16-19H2/t22-,30+/m1/s1. The lowest BCUT2D eigenvalue weighted by Crippen LogP contribution is -2.46. The van der Waals surface area contributed by atoms with Gasteiger partial charge in [0.15, 0.2) is 0 Å². The quantitative estimate of drug-likeness (QED) is 0.207. The van der Waals surface area contributed by atoms with Crippen molar-refractivity contribution in [2.75, 3.05) is 49.2 Å². The van der Waals surface area contributed by atoms with Crippen molar-refractivity contribution in [2.45, 2.75) is 18.6 Å². The molecule has 2 aliphatic rings. The third-order valence-corrected chi connectivity index (χ3v) is 7.91. The predicted molar refractivity (Wildman–Crippen MR) is 152 cm³/mol. The molecule has 4 aromatic rings. The summed E-state index contributed by atoms with van der Waals surface area (Å²) in [5, 5.41) is 15.1. The molecule has 0 saturated carbocycles. The van der Waals surface area contributed by atoms with Gasteiger partial charge >= 0.3 is 0 Å². The first-order chi connectivity index (χ1) is 20.4. The number of nitrogens with zero attached hydrogens (tertiary/aromatic N) is 6. The van der Waals surface area contributed by atoms with E-state index in [2.05, 4.69) is 19.9 Å². The minimum atomic E-state index is -1.01. The van der Waals surface area contributed by atoms with Crippen LogP contribution in [0.2, 0.25) is 0 Å². The summed E-state index contributed by atoms with van der Waals surface area (Å²) in [6.45, 7) is 4.26. The highest BCUT2D eigenvalue weighted by Crippen LogP contribution is 2.42. The van der Waals surface area contributed by atoms with Gasteiger partial charge in [0.25, 0.3) is 5.69 Å². The van der Waals surface area contributed by atoms with Gasteiger partial charge in [-0.1, -0.05) is 6.07 Å². The Labute approximate surface area is 241 Å². The molecule has 3 heterocycles. The van der Waals surface area contributed by atoms with E-state index >= 15 is 0 Å². The van der Waals surface area contributed by atoms with Crippen LogP contribution in [0.15, 0.2) is 79.4 Å². The molecule has 0 radical (unpaired) electrons. The van der Waals surface area contributed by atoms with E-state index in [1.807, 2.05) is 24.3 Å². The molecular formula is C30H30F2N6O4. The lowest BCUT2D eigenvalue weighted by molar-refractivity contribution is -0.384. The molecule has 0 amide bonds. The Morgan fingerprint density at radius 3 is 2.24 bits per heavy atom. The summed E-state index contributed by atoms with van der Waals surface area (Å²) in [5.41, 5.74) is 1.44. The first-order valence-electron chi connectivity index (χ1n) is 13.8. The molecule has 1 aromatic heterocycles. The molecule has 2 aliphatic heterocycles. The summed E-state index contributed by atoms with van der Waals surface area (Å²) in [6.07, 6.45) is 3.44. The molecule has 2 saturated heterocycles. The Balaban J connectivity index is 1.04. The van der Waals surface area contributed by atoms with E-state index in [9.17, 15) is 18.9 Å². The number of aromatic nitrogens is 3. The maximum absolute atomic E-state index is 14.9. The van der Waals surface area contributed by atoms with Gasteiger partial charge in [-0.3, -0.25) is 10.1 Å². The summed E-state index contributed by atoms with van der Waals surface area (Å²) >= 11 is 0. The van der Waals surface area contributed by atoms with Crippen LogP contribution in [0.5, 0.6) is 5.75 Å². The van der Waals surface area contributed by atoms with E-state index in [4.69, 9.17) is 9.47 Å². The highest BCUT2D eigenvalue weighted by molar-refractivity contribution is 5.54. The van der Waals surface area contributed by atoms with Crippen molar-refractivity contribution in [3.8, 4) is 5.75 Å². The third-order valence-electron chi connectivity index (χ3n) is 7.91. The Kier molecular flexibility index (Phi) is 7.70. The van der Waals surface area contributed by atoms with E-state index in [1.165, 1.54) is 30.6 Å². The van der Waals surface area contributed by atoms with Crippen molar-refractivity contribution in [1.29, 1.82) is 0 Å². The first kappa shape index (κ1) is 27.6. The summed E-state index contributed by atoms with van der Waals surface area (Å²) in [4.78, 5) is 19.0. The van der Waals surface area contributed by atoms with Gasteiger partial charge in [0, 0.05) is 67.2 Å². The average molecular weight is 577 g/mol. The van der Waals surface area contributed by atoms with Gasteiger partial charge in [-0.05, 0) is 48.9 Å². The SMILES string of the molecule is O=[N+]([O-])c1ccc(N2CCN(c3ccc(OC[C@@H]4CO[C@@](Cn5cncn5)(c5ccc(F)cc5F)C4)cc3)CC2)cc1. The van der Waals surface area contributed by atoms with Crippen LogP contribution in [-0.2, 0) is 16.9 Å². The third kappa shape index (κ3) is 5.89. The zero-order valence-electron chi connectivity index (χ0n) is 22.8. The highest BCUT2D eigenvalue weighted by atomic mass is 19.1. The minimum absolute atomic E-state index is 0.00912. The highest BCUT2D eigenvalue weighted by Gasteiger charge is 2.44. The van der Waals surface area contributed by atoms with E-state index < -0.39 is 17.2 Å². The van der Waals surface area contributed by atoms with Gasteiger partial charge in [-0.25, -0.2) is 18.4 Å². The van der Waals surface area contributed by atoms with Crippen molar-refractivity contribution in [1.82, 2.24) is 14.8 Å². The number of rotatable bonds is 9. The number of non-ortho nitro benzene ring substituents is 1. The number of nitro benzene ring substituents is 1. The second-order valence-electron chi connectivity index (χ2n) is 10.6. The molecule has 2 fully saturated rings. The number of benzene rings is 3. The van der Waals surface area contributed by atoms with Crippen LogP contribution >= 0.6 is 0 Å². The van der Waals surface area contributed by atoms with Crippen LogP contribution in [0.4, 0.5) is 25.8 Å². The number of hydrogen-bond acceptors (Lipinski definition) is 8. The topological polar surface area (TPSA) is 98.8 Å². The molecule has 218 valence electrons. The summed E-state index contributed by atoms with van der Waals surface area (Å²) in [5.74, 6) is -0.573. The Hall–Kier alpha value is -4.58. The number of nitro groups is 1. The van der Waals surface area contributed by atoms with E-state index in [-0.39, 0.29) is 23.1 Å². The smallest absolute Gasteiger partial charge is 0.269 e. The van der Waals surface area contributed by atoms with Gasteiger partial charge in [0.2, 0.25) is 0 Å². The molecule has 42 heavy (non-hydrogen) atoms. The molecule has 0 spiro atoms.